The number of furan rings is 1. The van der Waals surface area contributed by atoms with E-state index in [0.717, 1.165) is 23.7 Å². The van der Waals surface area contributed by atoms with Crippen LogP contribution in [0.15, 0.2) is 35.2 Å². The highest BCUT2D eigenvalue weighted by Gasteiger charge is 2.07. The Morgan fingerprint density at radius 3 is 2.88 bits per heavy atom. The fourth-order valence-corrected chi connectivity index (χ4v) is 1.70. The SMILES string of the molecule is CNc1cncc(N(C)Cc2ccoc2C)c1. The van der Waals surface area contributed by atoms with E-state index in [4.69, 9.17) is 4.42 Å². The number of hydrogen-bond acceptors (Lipinski definition) is 4. The van der Waals surface area contributed by atoms with Gasteiger partial charge in [0.25, 0.3) is 0 Å². The summed E-state index contributed by atoms with van der Waals surface area (Å²) < 4.78 is 5.29. The minimum absolute atomic E-state index is 0.817. The molecule has 0 atom stereocenters. The van der Waals surface area contributed by atoms with Crippen molar-refractivity contribution in [3.8, 4) is 0 Å². The Balaban J connectivity index is 2.14. The van der Waals surface area contributed by atoms with Gasteiger partial charge in [-0.25, -0.2) is 0 Å². The second kappa shape index (κ2) is 4.91. The van der Waals surface area contributed by atoms with Gasteiger partial charge in [0.1, 0.15) is 5.76 Å². The Hall–Kier alpha value is -1.97. The molecule has 0 aliphatic heterocycles. The summed E-state index contributed by atoms with van der Waals surface area (Å²) in [5, 5.41) is 3.08. The number of aromatic nitrogens is 1. The summed E-state index contributed by atoms with van der Waals surface area (Å²) >= 11 is 0. The van der Waals surface area contributed by atoms with Crippen LogP contribution < -0.4 is 10.2 Å². The fraction of sp³-hybridized carbons (Fsp3) is 0.308. The quantitative estimate of drug-likeness (QED) is 0.878. The molecule has 4 heteroatoms. The van der Waals surface area contributed by atoms with E-state index >= 15 is 0 Å². The van der Waals surface area contributed by atoms with Crippen molar-refractivity contribution in [3.63, 3.8) is 0 Å². The lowest BCUT2D eigenvalue weighted by molar-refractivity contribution is 0.529. The van der Waals surface area contributed by atoms with E-state index < -0.39 is 0 Å². The Kier molecular flexibility index (Phi) is 3.32. The van der Waals surface area contributed by atoms with Crippen LogP contribution in [-0.2, 0) is 6.54 Å². The van der Waals surface area contributed by atoms with E-state index in [0.29, 0.717) is 0 Å². The molecule has 0 spiro atoms. The van der Waals surface area contributed by atoms with Crippen molar-refractivity contribution < 1.29 is 4.42 Å². The van der Waals surface area contributed by atoms with Crippen LogP contribution in [0, 0.1) is 6.92 Å². The normalized spacial score (nSPS) is 10.3. The van der Waals surface area contributed by atoms with E-state index in [9.17, 15) is 0 Å². The second-order valence-corrected chi connectivity index (χ2v) is 4.04. The number of nitrogens with zero attached hydrogens (tertiary/aromatic N) is 2. The van der Waals surface area contributed by atoms with Gasteiger partial charge in [-0.1, -0.05) is 0 Å². The highest BCUT2D eigenvalue weighted by Crippen LogP contribution is 2.19. The van der Waals surface area contributed by atoms with Crippen molar-refractivity contribution in [2.45, 2.75) is 13.5 Å². The topological polar surface area (TPSA) is 41.3 Å². The van der Waals surface area contributed by atoms with Gasteiger partial charge in [0.2, 0.25) is 0 Å². The molecule has 0 unspecified atom stereocenters. The second-order valence-electron chi connectivity index (χ2n) is 4.04. The molecule has 0 aromatic carbocycles. The zero-order valence-corrected chi connectivity index (χ0v) is 10.4. The highest BCUT2D eigenvalue weighted by molar-refractivity contribution is 5.55. The number of nitrogens with one attached hydrogen (secondary N) is 1. The van der Waals surface area contributed by atoms with Crippen molar-refractivity contribution in [3.05, 3.63) is 42.1 Å². The third-order valence-corrected chi connectivity index (χ3v) is 2.83. The van der Waals surface area contributed by atoms with Crippen molar-refractivity contribution in [2.24, 2.45) is 0 Å². The van der Waals surface area contributed by atoms with Gasteiger partial charge in [-0.2, -0.15) is 0 Å². The van der Waals surface area contributed by atoms with Crippen LogP contribution in [0.2, 0.25) is 0 Å². The third kappa shape index (κ3) is 2.58. The maximum atomic E-state index is 5.29. The van der Waals surface area contributed by atoms with Gasteiger partial charge in [0.05, 0.1) is 30.0 Å². The summed E-state index contributed by atoms with van der Waals surface area (Å²) in [6, 6.07) is 4.07. The van der Waals surface area contributed by atoms with Crippen LogP contribution in [0.3, 0.4) is 0 Å². The predicted octanol–water partition coefficient (Wildman–Crippen LogP) is 2.66. The minimum Gasteiger partial charge on any atom is -0.469 e. The van der Waals surface area contributed by atoms with Crippen LogP contribution >= 0.6 is 0 Å². The Bertz CT molecular complexity index is 493. The van der Waals surface area contributed by atoms with Crippen molar-refractivity contribution in [2.75, 3.05) is 24.3 Å². The van der Waals surface area contributed by atoms with E-state index in [2.05, 4.69) is 21.3 Å². The molecule has 2 aromatic rings. The van der Waals surface area contributed by atoms with Gasteiger partial charge < -0.3 is 14.6 Å². The van der Waals surface area contributed by atoms with Gasteiger partial charge in [0, 0.05) is 26.2 Å². The first-order chi connectivity index (χ1) is 8.20. The lowest BCUT2D eigenvalue weighted by Gasteiger charge is -2.19. The maximum Gasteiger partial charge on any atom is 0.105 e. The van der Waals surface area contributed by atoms with Gasteiger partial charge in [-0.3, -0.25) is 4.98 Å². The molecule has 2 heterocycles. The van der Waals surface area contributed by atoms with E-state index in [1.54, 1.807) is 12.5 Å². The van der Waals surface area contributed by atoms with Crippen LogP contribution in [0.4, 0.5) is 11.4 Å². The van der Waals surface area contributed by atoms with Gasteiger partial charge in [0.15, 0.2) is 0 Å². The Labute approximate surface area is 101 Å². The molecule has 2 aromatic heterocycles. The molecule has 1 N–H and O–H groups in total. The monoisotopic (exact) mass is 231 g/mol. The molecule has 0 aliphatic rings. The predicted molar refractivity (Wildman–Crippen MR) is 69.3 cm³/mol. The summed E-state index contributed by atoms with van der Waals surface area (Å²) in [6.45, 7) is 2.79. The molecule has 0 bridgehead atoms. The van der Waals surface area contributed by atoms with Gasteiger partial charge >= 0.3 is 0 Å². The summed E-state index contributed by atoms with van der Waals surface area (Å²) in [5.41, 5.74) is 3.29. The van der Waals surface area contributed by atoms with E-state index in [-0.39, 0.29) is 0 Å². The third-order valence-electron chi connectivity index (χ3n) is 2.83. The molecule has 0 fully saturated rings. The lowest BCUT2D eigenvalue weighted by Crippen LogP contribution is -2.16. The van der Waals surface area contributed by atoms with Gasteiger partial charge in [-0.05, 0) is 19.1 Å². The first kappa shape index (κ1) is 11.5. The number of aryl methyl sites for hydroxylation is 1. The summed E-state index contributed by atoms with van der Waals surface area (Å²) in [6.07, 6.45) is 5.39. The average Bonchev–Trinajstić information content (AvgIpc) is 2.75. The first-order valence-corrected chi connectivity index (χ1v) is 5.57. The van der Waals surface area contributed by atoms with Crippen LogP contribution in [0.1, 0.15) is 11.3 Å². The molecule has 2 rings (SSSR count). The fourth-order valence-electron chi connectivity index (χ4n) is 1.70. The molecule has 0 saturated heterocycles. The van der Waals surface area contributed by atoms with Crippen LogP contribution in [-0.4, -0.2) is 19.1 Å². The smallest absolute Gasteiger partial charge is 0.105 e. The maximum absolute atomic E-state index is 5.29. The standard InChI is InChI=1S/C13H17N3O/c1-10-11(4-5-17-10)9-16(3)13-6-12(14-2)7-15-8-13/h4-8,14H,9H2,1-3H3. The molecule has 90 valence electrons. The van der Waals surface area contributed by atoms with E-state index in [1.807, 2.05) is 33.3 Å². The zero-order valence-electron chi connectivity index (χ0n) is 10.4. The van der Waals surface area contributed by atoms with Crippen LogP contribution in [0.5, 0.6) is 0 Å². The van der Waals surface area contributed by atoms with E-state index in [1.165, 1.54) is 5.56 Å². The molecule has 0 saturated carbocycles. The first-order valence-electron chi connectivity index (χ1n) is 5.57. The largest absolute Gasteiger partial charge is 0.469 e. The van der Waals surface area contributed by atoms with Crippen molar-refractivity contribution >= 4 is 11.4 Å². The molecule has 0 aliphatic carbocycles. The lowest BCUT2D eigenvalue weighted by atomic mass is 10.2. The van der Waals surface area contributed by atoms with Crippen molar-refractivity contribution in [1.82, 2.24) is 4.98 Å². The number of pyridine rings is 1. The molecule has 0 amide bonds. The zero-order chi connectivity index (χ0) is 12.3. The number of anilines is 2. The van der Waals surface area contributed by atoms with Crippen molar-refractivity contribution in [1.29, 1.82) is 0 Å². The molecule has 0 radical (unpaired) electrons. The average molecular weight is 231 g/mol. The highest BCUT2D eigenvalue weighted by atomic mass is 16.3. The summed E-state index contributed by atoms with van der Waals surface area (Å²) in [4.78, 5) is 6.35. The molecule has 17 heavy (non-hydrogen) atoms. The summed E-state index contributed by atoms with van der Waals surface area (Å²) in [5.74, 6) is 0.967. The Morgan fingerprint density at radius 1 is 1.41 bits per heavy atom. The molecular formula is C13H17N3O. The number of hydrogen-bond donors (Lipinski definition) is 1. The molecule has 4 nitrogen and oxygen atoms in total. The van der Waals surface area contributed by atoms with Crippen LogP contribution in [0.25, 0.3) is 0 Å². The minimum atomic E-state index is 0.817. The molecular weight excluding hydrogens is 214 g/mol. The summed E-state index contributed by atoms with van der Waals surface area (Å²) in [7, 11) is 3.93. The Morgan fingerprint density at radius 2 is 2.24 bits per heavy atom. The number of rotatable bonds is 4. The van der Waals surface area contributed by atoms with Gasteiger partial charge in [-0.15, -0.1) is 0 Å².